The quantitative estimate of drug-likeness (QED) is 0.894. The summed E-state index contributed by atoms with van der Waals surface area (Å²) in [6.45, 7) is 8.25. The van der Waals surface area contributed by atoms with Gasteiger partial charge in [-0.25, -0.2) is 0 Å². The van der Waals surface area contributed by atoms with Crippen LogP contribution in [0.4, 0.5) is 5.69 Å². The van der Waals surface area contributed by atoms with Gasteiger partial charge < -0.3 is 15.4 Å². The van der Waals surface area contributed by atoms with Gasteiger partial charge in [0, 0.05) is 23.8 Å². The van der Waals surface area contributed by atoms with E-state index < -0.39 is 0 Å². The largest absolute Gasteiger partial charge is 0.494 e. The van der Waals surface area contributed by atoms with Crippen LogP contribution in [0.3, 0.4) is 0 Å². The van der Waals surface area contributed by atoms with E-state index in [0.717, 1.165) is 25.1 Å². The Morgan fingerprint density at radius 1 is 1.33 bits per heavy atom. The zero-order valence-electron chi connectivity index (χ0n) is 11.6. The molecular formula is C15H24N2O. The second-order valence-electron chi connectivity index (χ2n) is 5.48. The average molecular weight is 248 g/mol. The lowest BCUT2D eigenvalue weighted by Crippen LogP contribution is -2.59. The van der Waals surface area contributed by atoms with Crippen LogP contribution in [0.5, 0.6) is 5.75 Å². The number of benzene rings is 1. The molecule has 0 aliphatic carbocycles. The fourth-order valence-corrected chi connectivity index (χ4v) is 2.66. The van der Waals surface area contributed by atoms with E-state index in [1.165, 1.54) is 5.69 Å². The molecule has 1 fully saturated rings. The summed E-state index contributed by atoms with van der Waals surface area (Å²) in [6.07, 6.45) is 2.28. The monoisotopic (exact) mass is 248 g/mol. The first-order chi connectivity index (χ1) is 8.55. The fourth-order valence-electron chi connectivity index (χ4n) is 2.66. The van der Waals surface area contributed by atoms with Gasteiger partial charge in [0.05, 0.1) is 6.61 Å². The van der Waals surface area contributed by atoms with Gasteiger partial charge in [0.15, 0.2) is 0 Å². The lowest BCUT2D eigenvalue weighted by molar-refractivity contribution is 0.309. The molecule has 3 heteroatoms. The first kappa shape index (κ1) is 13.2. The Kier molecular flexibility index (Phi) is 3.81. The van der Waals surface area contributed by atoms with E-state index >= 15 is 0 Å². The topological polar surface area (TPSA) is 38.5 Å². The molecule has 0 spiro atoms. The van der Waals surface area contributed by atoms with Crippen molar-refractivity contribution in [2.45, 2.75) is 45.2 Å². The van der Waals surface area contributed by atoms with E-state index in [1.807, 2.05) is 19.1 Å². The van der Waals surface area contributed by atoms with Crippen molar-refractivity contribution in [2.24, 2.45) is 5.73 Å². The molecule has 1 atom stereocenters. The molecule has 0 bridgehead atoms. The van der Waals surface area contributed by atoms with Crippen LogP contribution in [0, 0.1) is 0 Å². The number of anilines is 1. The highest BCUT2D eigenvalue weighted by Gasteiger charge is 2.36. The third kappa shape index (κ3) is 2.46. The van der Waals surface area contributed by atoms with Gasteiger partial charge in [-0.1, -0.05) is 0 Å². The van der Waals surface area contributed by atoms with E-state index in [1.54, 1.807) is 0 Å². The smallest absolute Gasteiger partial charge is 0.119 e. The summed E-state index contributed by atoms with van der Waals surface area (Å²) < 4.78 is 5.48. The summed E-state index contributed by atoms with van der Waals surface area (Å²) in [5.41, 5.74) is 7.51. The molecule has 100 valence electrons. The number of rotatable bonds is 3. The van der Waals surface area contributed by atoms with E-state index in [2.05, 4.69) is 30.9 Å². The van der Waals surface area contributed by atoms with Crippen LogP contribution in [-0.4, -0.2) is 24.7 Å². The van der Waals surface area contributed by atoms with Crippen molar-refractivity contribution in [3.8, 4) is 5.75 Å². The normalized spacial score (nSPS) is 22.9. The zero-order valence-corrected chi connectivity index (χ0v) is 11.6. The first-order valence-electron chi connectivity index (χ1n) is 6.81. The summed E-state index contributed by atoms with van der Waals surface area (Å²) >= 11 is 0. The van der Waals surface area contributed by atoms with Crippen molar-refractivity contribution in [3.63, 3.8) is 0 Å². The van der Waals surface area contributed by atoms with E-state index in [0.29, 0.717) is 6.61 Å². The summed E-state index contributed by atoms with van der Waals surface area (Å²) in [7, 11) is 0. The van der Waals surface area contributed by atoms with E-state index in [4.69, 9.17) is 10.5 Å². The molecule has 1 heterocycles. The second-order valence-corrected chi connectivity index (χ2v) is 5.48. The fraction of sp³-hybridized carbons (Fsp3) is 0.600. The molecule has 0 saturated carbocycles. The average Bonchev–Trinajstić information content (AvgIpc) is 2.34. The first-order valence-corrected chi connectivity index (χ1v) is 6.81. The Balaban J connectivity index is 2.19. The minimum atomic E-state index is 0.0192. The minimum absolute atomic E-state index is 0.0192. The van der Waals surface area contributed by atoms with Gasteiger partial charge >= 0.3 is 0 Å². The summed E-state index contributed by atoms with van der Waals surface area (Å²) in [5.74, 6) is 0.931. The van der Waals surface area contributed by atoms with Crippen molar-refractivity contribution in [1.29, 1.82) is 0 Å². The van der Waals surface area contributed by atoms with Gasteiger partial charge in [-0.05, 0) is 57.9 Å². The number of piperidine rings is 1. The molecular weight excluding hydrogens is 224 g/mol. The second kappa shape index (κ2) is 5.19. The maximum absolute atomic E-state index is 6.25. The minimum Gasteiger partial charge on any atom is -0.494 e. The standard InChI is InChI=1S/C15H24N2O/c1-4-18-13-9-7-12(8-10-13)17-11-5-6-14(16)15(17,2)3/h7-10,14H,4-6,11,16H2,1-3H3. The van der Waals surface area contributed by atoms with Crippen LogP contribution >= 0.6 is 0 Å². The number of hydrogen-bond donors (Lipinski definition) is 1. The van der Waals surface area contributed by atoms with E-state index in [-0.39, 0.29) is 11.6 Å². The number of nitrogens with zero attached hydrogens (tertiary/aromatic N) is 1. The maximum atomic E-state index is 6.25. The Bertz CT molecular complexity index is 386. The van der Waals surface area contributed by atoms with Gasteiger partial charge in [0.25, 0.3) is 0 Å². The lowest BCUT2D eigenvalue weighted by atomic mass is 9.85. The SMILES string of the molecule is CCOc1ccc(N2CCCC(N)C2(C)C)cc1. The van der Waals surface area contributed by atoms with Gasteiger partial charge in [0.1, 0.15) is 5.75 Å². The van der Waals surface area contributed by atoms with E-state index in [9.17, 15) is 0 Å². The predicted molar refractivity (Wildman–Crippen MR) is 76.2 cm³/mol. The highest BCUT2D eigenvalue weighted by atomic mass is 16.5. The molecule has 1 aliphatic rings. The molecule has 0 amide bonds. The van der Waals surface area contributed by atoms with Gasteiger partial charge in [-0.3, -0.25) is 0 Å². The molecule has 1 aromatic carbocycles. The molecule has 0 radical (unpaired) electrons. The van der Waals surface area contributed by atoms with Crippen LogP contribution in [0.2, 0.25) is 0 Å². The van der Waals surface area contributed by atoms with Crippen LogP contribution in [0.15, 0.2) is 24.3 Å². The Labute approximate surface area is 110 Å². The van der Waals surface area contributed by atoms with Gasteiger partial charge in [-0.15, -0.1) is 0 Å². The zero-order chi connectivity index (χ0) is 13.2. The van der Waals surface area contributed by atoms with Crippen LogP contribution in [0.1, 0.15) is 33.6 Å². The molecule has 1 unspecified atom stereocenters. The van der Waals surface area contributed by atoms with Crippen LogP contribution in [-0.2, 0) is 0 Å². The molecule has 2 N–H and O–H groups in total. The van der Waals surface area contributed by atoms with Crippen molar-refractivity contribution < 1.29 is 4.74 Å². The van der Waals surface area contributed by atoms with Crippen molar-refractivity contribution >= 4 is 5.69 Å². The highest BCUT2D eigenvalue weighted by molar-refractivity contribution is 5.52. The summed E-state index contributed by atoms with van der Waals surface area (Å²) in [6, 6.07) is 8.57. The molecule has 18 heavy (non-hydrogen) atoms. The Hall–Kier alpha value is -1.22. The van der Waals surface area contributed by atoms with Crippen LogP contribution in [0.25, 0.3) is 0 Å². The summed E-state index contributed by atoms with van der Waals surface area (Å²) in [5, 5.41) is 0. The highest BCUT2D eigenvalue weighted by Crippen LogP contribution is 2.32. The summed E-state index contributed by atoms with van der Waals surface area (Å²) in [4.78, 5) is 2.41. The van der Waals surface area contributed by atoms with Crippen molar-refractivity contribution in [1.82, 2.24) is 0 Å². The molecule has 3 nitrogen and oxygen atoms in total. The van der Waals surface area contributed by atoms with Crippen LogP contribution < -0.4 is 15.4 Å². The maximum Gasteiger partial charge on any atom is 0.119 e. The Morgan fingerprint density at radius 2 is 2.00 bits per heavy atom. The lowest BCUT2D eigenvalue weighted by Gasteiger charge is -2.48. The van der Waals surface area contributed by atoms with Crippen molar-refractivity contribution in [3.05, 3.63) is 24.3 Å². The third-order valence-electron chi connectivity index (χ3n) is 3.96. The van der Waals surface area contributed by atoms with Crippen molar-refractivity contribution in [2.75, 3.05) is 18.1 Å². The predicted octanol–water partition coefficient (Wildman–Crippen LogP) is 2.79. The molecule has 0 aromatic heterocycles. The number of ether oxygens (including phenoxy) is 1. The van der Waals surface area contributed by atoms with Gasteiger partial charge in [0.2, 0.25) is 0 Å². The van der Waals surface area contributed by atoms with Gasteiger partial charge in [-0.2, -0.15) is 0 Å². The molecule has 1 aliphatic heterocycles. The molecule has 1 aromatic rings. The number of hydrogen-bond acceptors (Lipinski definition) is 3. The molecule has 1 saturated heterocycles. The number of nitrogens with two attached hydrogens (primary N) is 1. The molecule has 2 rings (SSSR count). The third-order valence-corrected chi connectivity index (χ3v) is 3.96. The Morgan fingerprint density at radius 3 is 2.61 bits per heavy atom.